The van der Waals surface area contributed by atoms with Crippen LogP contribution in [0.4, 0.5) is 10.1 Å². The van der Waals surface area contributed by atoms with Gasteiger partial charge in [0.05, 0.1) is 12.3 Å². The first kappa shape index (κ1) is 15.1. The standard InChI is InChI=1S/C12H10BrFN2O3/c1-2-19-12(18)11(6-15)16(7-17)10-5-8(13)3-4-9(10)14/h3-5,7,11H,2H2,1H3. The third-order valence-corrected chi connectivity index (χ3v) is 2.70. The number of amides is 1. The number of hydrogen-bond acceptors (Lipinski definition) is 4. The molecule has 0 aliphatic carbocycles. The summed E-state index contributed by atoms with van der Waals surface area (Å²) in [6, 6.07) is 3.95. The van der Waals surface area contributed by atoms with Crippen LogP contribution >= 0.6 is 15.9 Å². The minimum Gasteiger partial charge on any atom is -0.464 e. The second-order valence-corrected chi connectivity index (χ2v) is 4.31. The number of nitriles is 1. The molecule has 0 aliphatic heterocycles. The molecule has 1 aromatic rings. The largest absolute Gasteiger partial charge is 0.464 e. The van der Waals surface area contributed by atoms with Crippen LogP contribution < -0.4 is 4.90 Å². The maximum Gasteiger partial charge on any atom is 0.344 e. The molecule has 0 saturated carbocycles. The lowest BCUT2D eigenvalue weighted by atomic mass is 10.2. The van der Waals surface area contributed by atoms with Crippen LogP contribution in [-0.2, 0) is 14.3 Å². The average Bonchev–Trinajstić information content (AvgIpc) is 2.39. The minimum absolute atomic E-state index is 0.0602. The van der Waals surface area contributed by atoms with Crippen LogP contribution in [0, 0.1) is 17.1 Å². The molecule has 0 fully saturated rings. The monoisotopic (exact) mass is 328 g/mol. The van der Waals surface area contributed by atoms with Gasteiger partial charge in [0, 0.05) is 4.47 Å². The molecule has 1 rings (SSSR count). The first-order valence-corrected chi connectivity index (χ1v) is 6.09. The predicted molar refractivity (Wildman–Crippen MR) is 68.7 cm³/mol. The second kappa shape index (κ2) is 6.85. The number of benzene rings is 1. The van der Waals surface area contributed by atoms with Crippen molar-refractivity contribution in [2.45, 2.75) is 13.0 Å². The van der Waals surface area contributed by atoms with E-state index >= 15 is 0 Å². The fraction of sp³-hybridized carbons (Fsp3) is 0.250. The molecule has 1 atom stereocenters. The van der Waals surface area contributed by atoms with Gasteiger partial charge in [0.15, 0.2) is 0 Å². The van der Waals surface area contributed by atoms with Crippen molar-refractivity contribution in [3.63, 3.8) is 0 Å². The van der Waals surface area contributed by atoms with Gasteiger partial charge in [0.25, 0.3) is 0 Å². The number of rotatable bonds is 5. The minimum atomic E-state index is -1.53. The number of hydrogen-bond donors (Lipinski definition) is 0. The molecule has 0 radical (unpaired) electrons. The van der Waals surface area contributed by atoms with Crippen molar-refractivity contribution in [2.24, 2.45) is 0 Å². The SMILES string of the molecule is CCOC(=O)C(C#N)N(C=O)c1cc(Br)ccc1F. The molecule has 7 heteroatoms. The summed E-state index contributed by atoms with van der Waals surface area (Å²) in [5.74, 6) is -1.63. The third kappa shape index (κ3) is 3.51. The highest BCUT2D eigenvalue weighted by Gasteiger charge is 2.29. The van der Waals surface area contributed by atoms with Crippen LogP contribution in [-0.4, -0.2) is 25.0 Å². The van der Waals surface area contributed by atoms with Gasteiger partial charge >= 0.3 is 5.97 Å². The zero-order valence-electron chi connectivity index (χ0n) is 9.97. The highest BCUT2D eigenvalue weighted by molar-refractivity contribution is 9.10. The van der Waals surface area contributed by atoms with Crippen LogP contribution in [0.25, 0.3) is 0 Å². The molecule has 0 N–H and O–H groups in total. The molecular formula is C12H10BrFN2O3. The van der Waals surface area contributed by atoms with Gasteiger partial charge in [-0.2, -0.15) is 5.26 Å². The van der Waals surface area contributed by atoms with Crippen LogP contribution in [0.3, 0.4) is 0 Å². The van der Waals surface area contributed by atoms with Gasteiger partial charge in [0.2, 0.25) is 12.5 Å². The quantitative estimate of drug-likeness (QED) is 0.612. The Kier molecular flexibility index (Phi) is 5.45. The van der Waals surface area contributed by atoms with Crippen molar-refractivity contribution in [2.75, 3.05) is 11.5 Å². The lowest BCUT2D eigenvalue weighted by Gasteiger charge is -2.22. The van der Waals surface area contributed by atoms with Gasteiger partial charge < -0.3 is 4.74 Å². The number of esters is 1. The maximum atomic E-state index is 13.7. The predicted octanol–water partition coefficient (Wildman–Crippen LogP) is 2.01. The molecule has 1 unspecified atom stereocenters. The molecule has 0 bridgehead atoms. The van der Waals surface area contributed by atoms with E-state index in [0.717, 1.165) is 6.07 Å². The first-order chi connectivity index (χ1) is 9.04. The van der Waals surface area contributed by atoms with Crippen molar-refractivity contribution in [3.05, 3.63) is 28.5 Å². The molecule has 5 nitrogen and oxygen atoms in total. The Morgan fingerprint density at radius 3 is 2.89 bits per heavy atom. The fourth-order valence-electron chi connectivity index (χ4n) is 1.39. The van der Waals surface area contributed by atoms with Crippen molar-refractivity contribution >= 4 is 34.0 Å². The zero-order valence-corrected chi connectivity index (χ0v) is 11.6. The fourth-order valence-corrected chi connectivity index (χ4v) is 1.74. The van der Waals surface area contributed by atoms with Gasteiger partial charge in [-0.1, -0.05) is 15.9 Å². The van der Waals surface area contributed by atoms with E-state index in [4.69, 9.17) is 5.26 Å². The Bertz CT molecular complexity index is 530. The van der Waals surface area contributed by atoms with E-state index in [-0.39, 0.29) is 18.7 Å². The summed E-state index contributed by atoms with van der Waals surface area (Å²) in [5, 5.41) is 8.96. The van der Waals surface area contributed by atoms with Crippen molar-refractivity contribution in [1.82, 2.24) is 0 Å². The number of carbonyl (C=O) groups is 2. The second-order valence-electron chi connectivity index (χ2n) is 3.39. The smallest absolute Gasteiger partial charge is 0.344 e. The molecule has 0 saturated heterocycles. The summed E-state index contributed by atoms with van der Waals surface area (Å²) in [6.45, 7) is 1.63. The van der Waals surface area contributed by atoms with Gasteiger partial charge in [-0.15, -0.1) is 0 Å². The van der Waals surface area contributed by atoms with E-state index in [1.54, 1.807) is 13.0 Å². The number of halogens is 2. The summed E-state index contributed by atoms with van der Waals surface area (Å²) in [7, 11) is 0. The van der Waals surface area contributed by atoms with Gasteiger partial charge in [-0.05, 0) is 25.1 Å². The summed E-state index contributed by atoms with van der Waals surface area (Å²) < 4.78 is 18.9. The Balaban J connectivity index is 3.18. The van der Waals surface area contributed by atoms with Gasteiger partial charge in [-0.25, -0.2) is 9.18 Å². The van der Waals surface area contributed by atoms with Crippen molar-refractivity contribution < 1.29 is 18.7 Å². The van der Waals surface area contributed by atoms with E-state index in [0.29, 0.717) is 9.37 Å². The van der Waals surface area contributed by atoms with Gasteiger partial charge in [-0.3, -0.25) is 9.69 Å². The molecule has 0 aromatic heterocycles. The van der Waals surface area contributed by atoms with Crippen molar-refractivity contribution in [1.29, 1.82) is 5.26 Å². The highest BCUT2D eigenvalue weighted by atomic mass is 79.9. The lowest BCUT2D eigenvalue weighted by Crippen LogP contribution is -2.41. The summed E-state index contributed by atoms with van der Waals surface area (Å²) in [6.07, 6.45) is 0.218. The molecule has 19 heavy (non-hydrogen) atoms. The van der Waals surface area contributed by atoms with Crippen LogP contribution in [0.2, 0.25) is 0 Å². The number of ether oxygens (including phenoxy) is 1. The molecule has 0 spiro atoms. The Morgan fingerprint density at radius 2 is 2.37 bits per heavy atom. The van der Waals surface area contributed by atoms with Crippen LogP contribution in [0.15, 0.2) is 22.7 Å². The molecular weight excluding hydrogens is 319 g/mol. The van der Waals surface area contributed by atoms with E-state index in [1.807, 2.05) is 0 Å². The average molecular weight is 329 g/mol. The van der Waals surface area contributed by atoms with E-state index in [1.165, 1.54) is 12.1 Å². The van der Waals surface area contributed by atoms with Crippen LogP contribution in [0.1, 0.15) is 6.92 Å². The Hall–Kier alpha value is -1.94. The van der Waals surface area contributed by atoms with E-state index < -0.39 is 17.8 Å². The summed E-state index contributed by atoms with van der Waals surface area (Å²) >= 11 is 3.12. The first-order valence-electron chi connectivity index (χ1n) is 5.30. The maximum absolute atomic E-state index is 13.7. The lowest BCUT2D eigenvalue weighted by molar-refractivity contribution is -0.143. The summed E-state index contributed by atoms with van der Waals surface area (Å²) in [5.41, 5.74) is -0.177. The van der Waals surface area contributed by atoms with E-state index in [9.17, 15) is 14.0 Å². The molecule has 0 heterocycles. The van der Waals surface area contributed by atoms with E-state index in [2.05, 4.69) is 20.7 Å². The Labute approximate surface area is 117 Å². The number of anilines is 1. The number of nitrogens with zero attached hydrogens (tertiary/aromatic N) is 2. The van der Waals surface area contributed by atoms with Crippen LogP contribution in [0.5, 0.6) is 0 Å². The van der Waals surface area contributed by atoms with Gasteiger partial charge in [0.1, 0.15) is 11.9 Å². The molecule has 1 amide bonds. The Morgan fingerprint density at radius 1 is 1.68 bits per heavy atom. The molecule has 1 aromatic carbocycles. The third-order valence-electron chi connectivity index (χ3n) is 2.21. The molecule has 0 aliphatic rings. The molecule has 100 valence electrons. The number of carbonyl (C=O) groups excluding carboxylic acids is 2. The highest BCUT2D eigenvalue weighted by Crippen LogP contribution is 2.24. The normalized spacial score (nSPS) is 11.3. The van der Waals surface area contributed by atoms with Crippen molar-refractivity contribution in [3.8, 4) is 6.07 Å². The summed E-state index contributed by atoms with van der Waals surface area (Å²) in [4.78, 5) is 23.3. The topological polar surface area (TPSA) is 70.4 Å². The zero-order chi connectivity index (χ0) is 14.4.